The first kappa shape index (κ1) is 45.1. The van der Waals surface area contributed by atoms with Crippen molar-refractivity contribution in [1.82, 2.24) is 19.6 Å². The Kier molecular flexibility index (Phi) is 12.3. The first-order valence-electron chi connectivity index (χ1n) is 21.9. The molecule has 0 atom stereocenters. The number of hydrogen-bond acceptors (Lipinski definition) is 13. The highest BCUT2D eigenvalue weighted by Gasteiger charge is 2.35. The molecule has 5 aromatic rings. The number of amides is 1. The van der Waals surface area contributed by atoms with Crippen molar-refractivity contribution in [2.75, 3.05) is 74.1 Å². The number of benzene rings is 3. The topological polar surface area (TPSA) is 192 Å². The van der Waals surface area contributed by atoms with Crippen LogP contribution < -0.4 is 24.6 Å². The zero-order chi connectivity index (χ0) is 46.4. The van der Waals surface area contributed by atoms with Crippen molar-refractivity contribution in [3.05, 3.63) is 111 Å². The number of nitrogens with zero attached hydrogens (tertiary/aromatic N) is 5. The molecule has 19 heteroatoms. The average Bonchev–Trinajstić information content (AvgIpc) is 3.75. The van der Waals surface area contributed by atoms with Crippen molar-refractivity contribution in [3.63, 3.8) is 0 Å². The molecular formula is C47H50ClFN8O8S. The lowest BCUT2D eigenvalue weighted by molar-refractivity contribution is -0.384. The summed E-state index contributed by atoms with van der Waals surface area (Å²) in [6.07, 6.45) is 4.99. The van der Waals surface area contributed by atoms with E-state index in [9.17, 15) is 28.1 Å². The minimum absolute atomic E-state index is 0.00841. The number of nitro groups is 1. The number of carbonyl (C=O) groups is 2. The summed E-state index contributed by atoms with van der Waals surface area (Å²) in [6, 6.07) is 19.8. The Labute approximate surface area is 386 Å². The maximum atomic E-state index is 15.3. The number of nitro benzene ring substituents is 1. The number of aromatic amines is 1. The maximum absolute atomic E-state index is 15.3. The van der Waals surface area contributed by atoms with Gasteiger partial charge >= 0.3 is 5.97 Å². The predicted octanol–water partition coefficient (Wildman–Crippen LogP) is 8.02. The van der Waals surface area contributed by atoms with Gasteiger partial charge in [0.2, 0.25) is 5.88 Å². The molecule has 3 aromatic carbocycles. The second kappa shape index (κ2) is 18.0. The standard InChI is InChI=1S/C47H50ClFN8O8S/c1-46(2)13-11-32(37(26-46)30-3-5-33(48)6-4-30)27-54-17-19-55(20-18-54)34-7-9-36(39(24-34)56-28-42(58)65-45-41(56)23-31-12-16-50-43(31)52-45)44(59)53-66(62,63)35-8-10-38(40(25-35)57(60)61)51-29-47(49)14-21-64-22-15-47/h3-10,12,16,23-25,51H,11,13-15,17-22,26-29H2,1-2H3,(H,50,52)(H,53,59). The number of ether oxygens (including phenoxy) is 2. The number of piperazine rings is 1. The summed E-state index contributed by atoms with van der Waals surface area (Å²) in [7, 11) is -4.72. The Hall–Kier alpha value is -6.08. The van der Waals surface area contributed by atoms with Crippen molar-refractivity contribution in [3.8, 4) is 5.88 Å². The van der Waals surface area contributed by atoms with E-state index >= 15 is 4.39 Å². The number of pyridine rings is 1. The van der Waals surface area contributed by atoms with Gasteiger partial charge in [0.25, 0.3) is 21.6 Å². The van der Waals surface area contributed by atoms with Crippen molar-refractivity contribution in [2.45, 2.75) is 56.5 Å². The molecule has 16 nitrogen and oxygen atoms in total. The van der Waals surface area contributed by atoms with Gasteiger partial charge in [0, 0.05) is 93.7 Å². The molecule has 0 radical (unpaired) electrons. The minimum Gasteiger partial charge on any atom is -0.404 e. The van der Waals surface area contributed by atoms with E-state index in [0.717, 1.165) is 56.7 Å². The van der Waals surface area contributed by atoms with Crippen LogP contribution in [0.15, 0.2) is 89.5 Å². The third-order valence-corrected chi connectivity index (χ3v) is 14.6. The van der Waals surface area contributed by atoms with Crippen LogP contribution in [-0.2, 0) is 19.6 Å². The fraction of sp³-hybridized carbons (Fsp3) is 0.383. The number of allylic oxidation sites excluding steroid dienone is 1. The summed E-state index contributed by atoms with van der Waals surface area (Å²) >= 11 is 6.25. The van der Waals surface area contributed by atoms with Crippen LogP contribution in [0.5, 0.6) is 5.88 Å². The van der Waals surface area contributed by atoms with Crippen LogP contribution >= 0.6 is 11.6 Å². The van der Waals surface area contributed by atoms with Crippen LogP contribution in [0, 0.1) is 15.5 Å². The highest BCUT2D eigenvalue weighted by Crippen LogP contribution is 2.44. The van der Waals surface area contributed by atoms with E-state index in [1.165, 1.54) is 28.8 Å². The van der Waals surface area contributed by atoms with Gasteiger partial charge in [-0.2, -0.15) is 4.98 Å². The smallest absolute Gasteiger partial charge is 0.332 e. The molecule has 0 unspecified atom stereocenters. The molecule has 3 aliphatic heterocycles. The number of carbonyl (C=O) groups excluding carboxylic acids is 2. The molecule has 9 rings (SSSR count). The Morgan fingerprint density at radius 3 is 2.48 bits per heavy atom. The summed E-state index contributed by atoms with van der Waals surface area (Å²) in [6.45, 7) is 8.17. The number of sulfonamides is 1. The molecule has 2 saturated heterocycles. The van der Waals surface area contributed by atoms with E-state index in [-0.39, 0.29) is 67.4 Å². The molecule has 2 fully saturated rings. The molecule has 5 heterocycles. The number of H-pyrrole nitrogens is 1. The molecule has 4 aliphatic rings. The number of esters is 1. The fourth-order valence-electron chi connectivity index (χ4n) is 9.20. The zero-order valence-corrected chi connectivity index (χ0v) is 38.1. The largest absolute Gasteiger partial charge is 0.404 e. The summed E-state index contributed by atoms with van der Waals surface area (Å²) in [5, 5.41) is 16.3. The fourth-order valence-corrected chi connectivity index (χ4v) is 10.3. The van der Waals surface area contributed by atoms with Gasteiger partial charge < -0.3 is 29.6 Å². The number of aromatic nitrogens is 2. The Morgan fingerprint density at radius 2 is 1.74 bits per heavy atom. The lowest BCUT2D eigenvalue weighted by Gasteiger charge is -2.39. The lowest BCUT2D eigenvalue weighted by Crippen LogP contribution is -2.47. The van der Waals surface area contributed by atoms with Crippen LogP contribution in [0.4, 0.5) is 32.8 Å². The van der Waals surface area contributed by atoms with E-state index in [4.69, 9.17) is 21.1 Å². The molecule has 0 saturated carbocycles. The molecule has 66 heavy (non-hydrogen) atoms. The van der Waals surface area contributed by atoms with Gasteiger partial charge in [-0.25, -0.2) is 22.3 Å². The summed E-state index contributed by atoms with van der Waals surface area (Å²) in [5.41, 5.74) is 3.60. The van der Waals surface area contributed by atoms with Gasteiger partial charge in [-0.1, -0.05) is 43.2 Å². The van der Waals surface area contributed by atoms with E-state index in [1.54, 1.807) is 35.4 Å². The summed E-state index contributed by atoms with van der Waals surface area (Å²) < 4.78 is 55.9. The number of hydrogen-bond donors (Lipinski definition) is 3. The SMILES string of the molecule is CC1(C)CCC(CN2CCN(c3ccc(C(=O)NS(=O)(=O)c4ccc(NCC5(F)CCOCC5)c([N+](=O)[O-])c4)c(N4CC(=O)Oc5nc6[nH]ccc6cc54)c3)CC2)=C(c2ccc(Cl)cc2)C1. The first-order chi connectivity index (χ1) is 31.5. The Balaban J connectivity index is 0.989. The molecule has 3 N–H and O–H groups in total. The van der Waals surface area contributed by atoms with Crippen LogP contribution in [0.25, 0.3) is 16.6 Å². The molecule has 1 aliphatic carbocycles. The van der Waals surface area contributed by atoms with E-state index in [1.807, 2.05) is 12.1 Å². The third kappa shape index (κ3) is 9.59. The number of halogens is 2. The van der Waals surface area contributed by atoms with E-state index in [2.05, 4.69) is 55.8 Å². The van der Waals surface area contributed by atoms with Gasteiger partial charge in [-0.05, 0) is 90.4 Å². The molecule has 0 spiro atoms. The second-order valence-electron chi connectivity index (χ2n) is 18.2. The minimum atomic E-state index is -4.72. The highest BCUT2D eigenvalue weighted by atomic mass is 35.5. The van der Waals surface area contributed by atoms with Crippen LogP contribution in [-0.4, -0.2) is 105 Å². The average molecular weight is 941 g/mol. The Bertz CT molecular complexity index is 2860. The molecule has 0 bridgehead atoms. The third-order valence-electron chi connectivity index (χ3n) is 13.0. The second-order valence-corrected chi connectivity index (χ2v) is 20.3. The quantitative estimate of drug-likeness (QED) is 0.0620. The number of anilines is 4. The number of fused-ring (bicyclic) bond motifs is 2. The van der Waals surface area contributed by atoms with E-state index in [0.29, 0.717) is 34.8 Å². The monoisotopic (exact) mass is 940 g/mol. The maximum Gasteiger partial charge on any atom is 0.332 e. The summed E-state index contributed by atoms with van der Waals surface area (Å²) in [5.74, 6) is -1.68. The van der Waals surface area contributed by atoms with Crippen molar-refractivity contribution >= 4 is 78.5 Å². The van der Waals surface area contributed by atoms with Crippen molar-refractivity contribution < 1.29 is 36.8 Å². The molecular weight excluding hydrogens is 891 g/mol. The summed E-state index contributed by atoms with van der Waals surface area (Å²) in [4.78, 5) is 52.0. The molecule has 346 valence electrons. The predicted molar refractivity (Wildman–Crippen MR) is 250 cm³/mol. The first-order valence-corrected chi connectivity index (χ1v) is 23.8. The van der Waals surface area contributed by atoms with Crippen molar-refractivity contribution in [2.24, 2.45) is 5.41 Å². The van der Waals surface area contributed by atoms with Crippen LogP contribution in [0.3, 0.4) is 0 Å². The van der Waals surface area contributed by atoms with Crippen LogP contribution in [0.1, 0.15) is 61.9 Å². The van der Waals surface area contributed by atoms with Gasteiger partial charge in [-0.15, -0.1) is 0 Å². The van der Waals surface area contributed by atoms with Gasteiger partial charge in [0.1, 0.15) is 29.2 Å². The Morgan fingerprint density at radius 1 is 0.985 bits per heavy atom. The molecule has 1 amide bonds. The highest BCUT2D eigenvalue weighted by molar-refractivity contribution is 7.90. The normalized spacial score (nSPS) is 18.8. The van der Waals surface area contributed by atoms with Gasteiger partial charge in [0.15, 0.2) is 0 Å². The molecule has 2 aromatic heterocycles. The lowest BCUT2D eigenvalue weighted by atomic mass is 9.72. The van der Waals surface area contributed by atoms with Gasteiger partial charge in [-0.3, -0.25) is 19.8 Å². The number of rotatable bonds is 12. The zero-order valence-electron chi connectivity index (χ0n) is 36.6. The van der Waals surface area contributed by atoms with Gasteiger partial charge in [0.05, 0.1) is 21.1 Å². The number of nitrogens with one attached hydrogen (secondary N) is 3. The van der Waals surface area contributed by atoms with Crippen LogP contribution in [0.2, 0.25) is 5.02 Å². The van der Waals surface area contributed by atoms with Crippen molar-refractivity contribution in [1.29, 1.82) is 0 Å². The number of alkyl halides is 1. The van der Waals surface area contributed by atoms with E-state index < -0.39 is 43.1 Å².